The van der Waals surface area contributed by atoms with Crippen LogP contribution in [0.1, 0.15) is 58.3 Å². The van der Waals surface area contributed by atoms with Gasteiger partial charge in [-0.25, -0.2) is 4.79 Å². The van der Waals surface area contributed by atoms with Crippen molar-refractivity contribution in [3.63, 3.8) is 0 Å². The summed E-state index contributed by atoms with van der Waals surface area (Å²) in [5, 5.41) is 11.9. The molecule has 124 valence electrons. The first-order valence-corrected chi connectivity index (χ1v) is 8.31. The lowest BCUT2D eigenvalue weighted by atomic mass is 9.87. The van der Waals surface area contributed by atoms with E-state index in [0.29, 0.717) is 31.7 Å². The molecule has 2 amide bonds. The molecular weight excluding hydrogens is 284 g/mol. The van der Waals surface area contributed by atoms with Crippen molar-refractivity contribution in [2.24, 2.45) is 5.92 Å². The van der Waals surface area contributed by atoms with E-state index in [4.69, 9.17) is 5.11 Å². The summed E-state index contributed by atoms with van der Waals surface area (Å²) in [6, 6.07) is -1.40. The van der Waals surface area contributed by atoms with Gasteiger partial charge in [-0.2, -0.15) is 0 Å². The predicted molar refractivity (Wildman–Crippen MR) is 81.2 cm³/mol. The van der Waals surface area contributed by atoms with E-state index in [1.807, 2.05) is 0 Å². The fourth-order valence-corrected chi connectivity index (χ4v) is 3.55. The zero-order valence-corrected chi connectivity index (χ0v) is 13.2. The third-order valence-corrected chi connectivity index (χ3v) is 4.77. The Morgan fingerprint density at radius 1 is 1.14 bits per heavy atom. The minimum Gasteiger partial charge on any atom is -0.480 e. The number of carboxylic acids is 1. The number of nitrogens with zero attached hydrogens (tertiary/aromatic N) is 1. The van der Waals surface area contributed by atoms with E-state index in [0.717, 1.165) is 12.8 Å². The van der Waals surface area contributed by atoms with Crippen LogP contribution in [0.2, 0.25) is 0 Å². The van der Waals surface area contributed by atoms with Gasteiger partial charge in [0.1, 0.15) is 12.1 Å². The number of aliphatic carboxylic acids is 1. The number of hydrogen-bond donors (Lipinski definition) is 2. The molecule has 1 saturated heterocycles. The summed E-state index contributed by atoms with van der Waals surface area (Å²) >= 11 is 0. The molecule has 0 spiro atoms. The van der Waals surface area contributed by atoms with Crippen LogP contribution in [0.4, 0.5) is 0 Å². The molecule has 2 atom stereocenters. The predicted octanol–water partition coefficient (Wildman–Crippen LogP) is 1.54. The first-order chi connectivity index (χ1) is 10.5. The van der Waals surface area contributed by atoms with Crippen molar-refractivity contribution in [1.82, 2.24) is 10.2 Å². The van der Waals surface area contributed by atoms with Crippen molar-refractivity contribution in [2.75, 3.05) is 6.54 Å². The Kier molecular flexibility index (Phi) is 5.80. The Hall–Kier alpha value is -1.59. The molecule has 0 aromatic heterocycles. The molecule has 2 fully saturated rings. The van der Waals surface area contributed by atoms with Crippen LogP contribution in [0.25, 0.3) is 0 Å². The van der Waals surface area contributed by atoms with Gasteiger partial charge in [-0.05, 0) is 38.5 Å². The molecule has 0 bridgehead atoms. The van der Waals surface area contributed by atoms with Gasteiger partial charge < -0.3 is 15.3 Å². The van der Waals surface area contributed by atoms with Gasteiger partial charge in [0.2, 0.25) is 11.8 Å². The molecule has 6 heteroatoms. The van der Waals surface area contributed by atoms with Gasteiger partial charge in [0.05, 0.1) is 0 Å². The Morgan fingerprint density at radius 2 is 1.82 bits per heavy atom. The molecule has 1 saturated carbocycles. The Balaban J connectivity index is 1.82. The summed E-state index contributed by atoms with van der Waals surface area (Å²) < 4.78 is 0. The fourth-order valence-electron chi connectivity index (χ4n) is 3.55. The van der Waals surface area contributed by atoms with Crippen molar-refractivity contribution in [1.29, 1.82) is 0 Å². The average Bonchev–Trinajstić information content (AvgIpc) is 2.96. The van der Waals surface area contributed by atoms with Crippen molar-refractivity contribution in [3.05, 3.63) is 0 Å². The highest BCUT2D eigenvalue weighted by Gasteiger charge is 2.36. The number of carboxylic acid groups (broad SMARTS) is 1. The minimum atomic E-state index is -0.966. The van der Waals surface area contributed by atoms with E-state index in [-0.39, 0.29) is 11.8 Å². The second kappa shape index (κ2) is 7.61. The largest absolute Gasteiger partial charge is 0.480 e. The van der Waals surface area contributed by atoms with Crippen molar-refractivity contribution in [3.8, 4) is 0 Å². The van der Waals surface area contributed by atoms with Gasteiger partial charge in [0.15, 0.2) is 0 Å². The zero-order chi connectivity index (χ0) is 16.1. The molecular formula is C16H26N2O4. The normalized spacial score (nSPS) is 24.0. The fraction of sp³-hybridized carbons (Fsp3) is 0.812. The molecule has 2 rings (SSSR count). The SMILES string of the molecule is CC(NC(=O)CC1CCCCC1)C(=O)N1CCC[C@@H]1C(=O)O. The van der Waals surface area contributed by atoms with E-state index < -0.39 is 18.1 Å². The molecule has 6 nitrogen and oxygen atoms in total. The molecule has 1 heterocycles. The zero-order valence-electron chi connectivity index (χ0n) is 13.2. The Morgan fingerprint density at radius 3 is 2.45 bits per heavy atom. The van der Waals surface area contributed by atoms with E-state index in [1.165, 1.54) is 24.2 Å². The van der Waals surface area contributed by atoms with Gasteiger partial charge >= 0.3 is 5.97 Å². The lowest BCUT2D eigenvalue weighted by molar-refractivity contribution is -0.149. The third kappa shape index (κ3) is 4.21. The topological polar surface area (TPSA) is 86.7 Å². The van der Waals surface area contributed by atoms with E-state index >= 15 is 0 Å². The lowest BCUT2D eigenvalue weighted by Gasteiger charge is -2.26. The highest BCUT2D eigenvalue weighted by atomic mass is 16.4. The highest BCUT2D eigenvalue weighted by Crippen LogP contribution is 2.26. The molecule has 2 N–H and O–H groups in total. The highest BCUT2D eigenvalue weighted by molar-refractivity contribution is 5.90. The number of nitrogens with one attached hydrogen (secondary N) is 1. The van der Waals surface area contributed by atoms with Gasteiger partial charge in [-0.15, -0.1) is 0 Å². The molecule has 0 aromatic rings. The van der Waals surface area contributed by atoms with Crippen LogP contribution in [0, 0.1) is 5.92 Å². The van der Waals surface area contributed by atoms with Crippen LogP contribution in [-0.4, -0.2) is 46.4 Å². The monoisotopic (exact) mass is 310 g/mol. The molecule has 0 aromatic carbocycles. The van der Waals surface area contributed by atoms with Crippen LogP contribution in [-0.2, 0) is 14.4 Å². The first kappa shape index (κ1) is 16.8. The summed E-state index contributed by atoms with van der Waals surface area (Å²) in [6.45, 7) is 2.09. The molecule has 1 aliphatic carbocycles. The van der Waals surface area contributed by atoms with Gasteiger partial charge in [0.25, 0.3) is 0 Å². The van der Waals surface area contributed by atoms with Crippen molar-refractivity contribution >= 4 is 17.8 Å². The average molecular weight is 310 g/mol. The van der Waals surface area contributed by atoms with Gasteiger partial charge in [0, 0.05) is 13.0 Å². The maximum atomic E-state index is 12.3. The number of carbonyl (C=O) groups excluding carboxylic acids is 2. The van der Waals surface area contributed by atoms with Crippen LogP contribution in [0.15, 0.2) is 0 Å². The van der Waals surface area contributed by atoms with Crippen LogP contribution in [0.3, 0.4) is 0 Å². The maximum absolute atomic E-state index is 12.3. The molecule has 0 radical (unpaired) electrons. The standard InChI is InChI=1S/C16H26N2O4/c1-11(15(20)18-9-5-8-13(18)16(21)22)17-14(19)10-12-6-3-2-4-7-12/h11-13H,2-10H2,1H3,(H,17,19)(H,21,22)/t11?,13-/m1/s1. The van der Waals surface area contributed by atoms with E-state index in [9.17, 15) is 14.4 Å². The number of hydrogen-bond acceptors (Lipinski definition) is 3. The van der Waals surface area contributed by atoms with Crippen LogP contribution < -0.4 is 5.32 Å². The lowest BCUT2D eigenvalue weighted by Crippen LogP contribution is -2.50. The van der Waals surface area contributed by atoms with Crippen molar-refractivity contribution in [2.45, 2.75) is 70.4 Å². The van der Waals surface area contributed by atoms with Crippen LogP contribution in [0.5, 0.6) is 0 Å². The van der Waals surface area contributed by atoms with Gasteiger partial charge in [-0.1, -0.05) is 19.3 Å². The van der Waals surface area contributed by atoms with Gasteiger partial charge in [-0.3, -0.25) is 9.59 Å². The second-order valence-corrected chi connectivity index (χ2v) is 6.53. The van der Waals surface area contributed by atoms with Crippen molar-refractivity contribution < 1.29 is 19.5 Å². The first-order valence-electron chi connectivity index (χ1n) is 8.31. The van der Waals surface area contributed by atoms with E-state index in [1.54, 1.807) is 6.92 Å². The minimum absolute atomic E-state index is 0.0983. The Labute approximate surface area is 131 Å². The molecule has 1 aliphatic heterocycles. The maximum Gasteiger partial charge on any atom is 0.326 e. The molecule has 2 aliphatic rings. The summed E-state index contributed by atoms with van der Waals surface area (Å²) in [7, 11) is 0. The summed E-state index contributed by atoms with van der Waals surface area (Å²) in [5.41, 5.74) is 0. The summed E-state index contributed by atoms with van der Waals surface area (Å²) in [4.78, 5) is 36.9. The second-order valence-electron chi connectivity index (χ2n) is 6.53. The summed E-state index contributed by atoms with van der Waals surface area (Å²) in [5.74, 6) is -0.929. The smallest absolute Gasteiger partial charge is 0.326 e. The third-order valence-electron chi connectivity index (χ3n) is 4.77. The molecule has 22 heavy (non-hydrogen) atoms. The van der Waals surface area contributed by atoms with E-state index in [2.05, 4.69) is 5.32 Å². The summed E-state index contributed by atoms with van der Waals surface area (Å²) in [6.07, 6.45) is 7.45. The quantitative estimate of drug-likeness (QED) is 0.806. The number of likely N-dealkylation sites (tertiary alicyclic amines) is 1. The number of amides is 2. The Bertz CT molecular complexity index is 432. The molecule has 1 unspecified atom stereocenters. The van der Waals surface area contributed by atoms with Crippen LogP contribution >= 0.6 is 0 Å². The number of carbonyl (C=O) groups is 3. The number of rotatable bonds is 5.